The molecule has 1 N–H and O–H groups in total. The minimum Gasteiger partial charge on any atom is -0.369 e. The van der Waals surface area contributed by atoms with Crippen molar-refractivity contribution in [1.29, 1.82) is 0 Å². The SMILES string of the molecule is CCO[C@H](C)C(=O)NCCC(=O)N1CCCC[C@@H]1C. The van der Waals surface area contributed by atoms with Gasteiger partial charge in [-0.25, -0.2) is 0 Å². The summed E-state index contributed by atoms with van der Waals surface area (Å²) < 4.78 is 5.19. The van der Waals surface area contributed by atoms with Crippen molar-refractivity contribution >= 4 is 11.8 Å². The van der Waals surface area contributed by atoms with E-state index in [0.717, 1.165) is 19.4 Å². The first kappa shape index (κ1) is 16.0. The molecular formula is C14H26N2O3. The Balaban J connectivity index is 2.24. The Labute approximate surface area is 115 Å². The second kappa shape index (κ2) is 8.15. The Kier molecular flexibility index (Phi) is 6.84. The molecule has 0 aliphatic carbocycles. The van der Waals surface area contributed by atoms with Crippen LogP contribution in [0.1, 0.15) is 46.5 Å². The molecule has 110 valence electrons. The van der Waals surface area contributed by atoms with E-state index in [1.54, 1.807) is 6.92 Å². The predicted octanol–water partition coefficient (Wildman–Crippen LogP) is 1.32. The van der Waals surface area contributed by atoms with Gasteiger partial charge in [-0.3, -0.25) is 9.59 Å². The number of likely N-dealkylation sites (tertiary alicyclic amines) is 1. The molecule has 1 saturated heterocycles. The molecule has 1 aliphatic rings. The average molecular weight is 270 g/mol. The molecule has 5 heteroatoms. The maximum Gasteiger partial charge on any atom is 0.248 e. The molecule has 1 fully saturated rings. The topological polar surface area (TPSA) is 58.6 Å². The number of hydrogen-bond donors (Lipinski definition) is 1. The van der Waals surface area contributed by atoms with Crippen LogP contribution in [0, 0.1) is 0 Å². The van der Waals surface area contributed by atoms with Gasteiger partial charge in [-0.05, 0) is 40.0 Å². The van der Waals surface area contributed by atoms with Crippen LogP contribution < -0.4 is 5.32 Å². The van der Waals surface area contributed by atoms with Gasteiger partial charge in [0.05, 0.1) is 0 Å². The van der Waals surface area contributed by atoms with Gasteiger partial charge in [-0.1, -0.05) is 0 Å². The highest BCUT2D eigenvalue weighted by Crippen LogP contribution is 2.16. The van der Waals surface area contributed by atoms with Gasteiger partial charge >= 0.3 is 0 Å². The lowest BCUT2D eigenvalue weighted by Gasteiger charge is -2.33. The third-order valence-corrected chi connectivity index (χ3v) is 3.55. The van der Waals surface area contributed by atoms with Gasteiger partial charge in [0.2, 0.25) is 11.8 Å². The molecule has 1 rings (SSSR count). The van der Waals surface area contributed by atoms with E-state index in [1.165, 1.54) is 6.42 Å². The zero-order chi connectivity index (χ0) is 14.3. The third-order valence-electron chi connectivity index (χ3n) is 3.55. The monoisotopic (exact) mass is 270 g/mol. The van der Waals surface area contributed by atoms with Crippen LogP contribution in [0.15, 0.2) is 0 Å². The zero-order valence-electron chi connectivity index (χ0n) is 12.3. The molecule has 1 aliphatic heterocycles. The maximum absolute atomic E-state index is 12.0. The Morgan fingerprint density at radius 1 is 1.42 bits per heavy atom. The van der Waals surface area contributed by atoms with Crippen molar-refractivity contribution in [2.24, 2.45) is 0 Å². The maximum atomic E-state index is 12.0. The molecule has 0 spiro atoms. The van der Waals surface area contributed by atoms with Crippen LogP contribution in [0.4, 0.5) is 0 Å². The highest BCUT2D eigenvalue weighted by Gasteiger charge is 2.22. The second-order valence-corrected chi connectivity index (χ2v) is 5.07. The summed E-state index contributed by atoms with van der Waals surface area (Å²) >= 11 is 0. The molecule has 0 aromatic heterocycles. The van der Waals surface area contributed by atoms with Gasteiger partial charge in [0.1, 0.15) is 6.10 Å². The molecule has 1 heterocycles. The van der Waals surface area contributed by atoms with Gasteiger partial charge in [0.25, 0.3) is 0 Å². The number of carbonyl (C=O) groups is 2. The fraction of sp³-hybridized carbons (Fsp3) is 0.857. The van der Waals surface area contributed by atoms with Gasteiger partial charge in [0, 0.05) is 32.2 Å². The van der Waals surface area contributed by atoms with Crippen molar-refractivity contribution in [2.75, 3.05) is 19.7 Å². The number of nitrogens with one attached hydrogen (secondary N) is 1. The molecular weight excluding hydrogens is 244 g/mol. The first-order chi connectivity index (χ1) is 9.06. The first-order valence-corrected chi connectivity index (χ1v) is 7.25. The van der Waals surface area contributed by atoms with Crippen LogP contribution in [0.5, 0.6) is 0 Å². The van der Waals surface area contributed by atoms with Crippen molar-refractivity contribution in [1.82, 2.24) is 10.2 Å². The largest absolute Gasteiger partial charge is 0.369 e. The van der Waals surface area contributed by atoms with E-state index in [1.807, 2.05) is 11.8 Å². The van der Waals surface area contributed by atoms with Crippen LogP contribution in [0.25, 0.3) is 0 Å². The normalized spacial score (nSPS) is 21.0. The molecule has 19 heavy (non-hydrogen) atoms. The smallest absolute Gasteiger partial charge is 0.248 e. The van der Waals surface area contributed by atoms with Crippen LogP contribution in [-0.4, -0.2) is 48.6 Å². The van der Waals surface area contributed by atoms with E-state index in [2.05, 4.69) is 12.2 Å². The summed E-state index contributed by atoms with van der Waals surface area (Å²) in [5, 5.41) is 2.74. The summed E-state index contributed by atoms with van der Waals surface area (Å²) in [7, 11) is 0. The summed E-state index contributed by atoms with van der Waals surface area (Å²) in [6.45, 7) is 7.41. The number of carbonyl (C=O) groups excluding carboxylic acids is 2. The summed E-state index contributed by atoms with van der Waals surface area (Å²) in [5.41, 5.74) is 0. The zero-order valence-corrected chi connectivity index (χ0v) is 12.3. The number of piperidine rings is 1. The minimum absolute atomic E-state index is 0.136. The van der Waals surface area contributed by atoms with E-state index in [0.29, 0.717) is 25.6 Å². The molecule has 2 atom stereocenters. The standard InChI is InChI=1S/C14H26N2O3/c1-4-19-12(3)14(18)15-9-8-13(17)16-10-6-5-7-11(16)2/h11-12H,4-10H2,1-3H3,(H,15,18)/t11-,12+/m0/s1. The molecule has 0 bridgehead atoms. The fourth-order valence-electron chi connectivity index (χ4n) is 2.37. The third kappa shape index (κ3) is 5.19. The molecule has 0 aromatic carbocycles. The first-order valence-electron chi connectivity index (χ1n) is 7.25. The number of amides is 2. The number of ether oxygens (including phenoxy) is 1. The highest BCUT2D eigenvalue weighted by atomic mass is 16.5. The predicted molar refractivity (Wildman–Crippen MR) is 73.7 cm³/mol. The van der Waals surface area contributed by atoms with Crippen molar-refractivity contribution in [3.05, 3.63) is 0 Å². The second-order valence-electron chi connectivity index (χ2n) is 5.07. The van der Waals surface area contributed by atoms with Gasteiger partial charge in [-0.2, -0.15) is 0 Å². The summed E-state index contributed by atoms with van der Waals surface area (Å²) in [5.74, 6) is -0.0158. The van der Waals surface area contributed by atoms with Gasteiger partial charge in [0.15, 0.2) is 0 Å². The lowest BCUT2D eigenvalue weighted by atomic mass is 10.0. The number of rotatable bonds is 6. The van der Waals surface area contributed by atoms with Gasteiger partial charge in [-0.15, -0.1) is 0 Å². The fourth-order valence-corrected chi connectivity index (χ4v) is 2.37. The van der Waals surface area contributed by atoms with E-state index < -0.39 is 6.10 Å². The minimum atomic E-state index is -0.450. The summed E-state index contributed by atoms with van der Waals surface area (Å²) in [4.78, 5) is 25.6. The van der Waals surface area contributed by atoms with Crippen LogP contribution in [0.2, 0.25) is 0 Å². The van der Waals surface area contributed by atoms with Crippen molar-refractivity contribution in [3.63, 3.8) is 0 Å². The van der Waals surface area contributed by atoms with Gasteiger partial charge < -0.3 is 15.0 Å². The number of nitrogens with zero attached hydrogens (tertiary/aromatic N) is 1. The van der Waals surface area contributed by atoms with Crippen LogP contribution in [0.3, 0.4) is 0 Å². The molecule has 5 nitrogen and oxygen atoms in total. The van der Waals surface area contributed by atoms with E-state index in [-0.39, 0.29) is 11.8 Å². The summed E-state index contributed by atoms with van der Waals surface area (Å²) in [6, 6.07) is 0.333. The molecule has 0 unspecified atom stereocenters. The lowest BCUT2D eigenvalue weighted by molar-refractivity contribution is -0.135. The molecule has 2 amide bonds. The molecule has 0 saturated carbocycles. The molecule has 0 radical (unpaired) electrons. The van der Waals surface area contributed by atoms with E-state index in [4.69, 9.17) is 4.74 Å². The van der Waals surface area contributed by atoms with Crippen molar-refractivity contribution in [3.8, 4) is 0 Å². The Morgan fingerprint density at radius 2 is 2.16 bits per heavy atom. The Bertz CT molecular complexity index is 307. The van der Waals surface area contributed by atoms with Crippen LogP contribution in [-0.2, 0) is 14.3 Å². The molecule has 0 aromatic rings. The Morgan fingerprint density at radius 3 is 2.79 bits per heavy atom. The average Bonchev–Trinajstić information content (AvgIpc) is 2.39. The lowest BCUT2D eigenvalue weighted by Crippen LogP contribution is -2.43. The van der Waals surface area contributed by atoms with Crippen LogP contribution >= 0.6 is 0 Å². The summed E-state index contributed by atoms with van der Waals surface area (Å²) in [6.07, 6.45) is 3.29. The highest BCUT2D eigenvalue weighted by molar-refractivity contribution is 5.81. The Hall–Kier alpha value is -1.10. The van der Waals surface area contributed by atoms with Crippen molar-refractivity contribution < 1.29 is 14.3 Å². The van der Waals surface area contributed by atoms with E-state index in [9.17, 15) is 9.59 Å². The number of hydrogen-bond acceptors (Lipinski definition) is 3. The quantitative estimate of drug-likeness (QED) is 0.792. The van der Waals surface area contributed by atoms with E-state index >= 15 is 0 Å². The van der Waals surface area contributed by atoms with Crippen molar-refractivity contribution in [2.45, 2.75) is 58.6 Å².